The van der Waals surface area contributed by atoms with E-state index in [2.05, 4.69) is 24.1 Å². The summed E-state index contributed by atoms with van der Waals surface area (Å²) in [6.45, 7) is 8.50. The topological polar surface area (TPSA) is 41.6 Å². The summed E-state index contributed by atoms with van der Waals surface area (Å²) >= 11 is 12.2. The molecule has 128 valence electrons. The number of rotatable bonds is 6. The third-order valence-electron chi connectivity index (χ3n) is 3.77. The van der Waals surface area contributed by atoms with Crippen LogP contribution >= 0.6 is 23.2 Å². The minimum Gasteiger partial charge on any atom is -0.374 e. The molecule has 4 nitrogen and oxygen atoms in total. The number of carbonyl (C=O) groups excluding carboxylic acids is 1. The molecule has 23 heavy (non-hydrogen) atoms. The number of hydrogen-bond acceptors (Lipinski definition) is 3. The first kappa shape index (κ1) is 18.5. The molecule has 0 saturated carbocycles. The quantitative estimate of drug-likeness (QED) is 0.849. The summed E-state index contributed by atoms with van der Waals surface area (Å²) in [5.41, 5.74) is 0.666. The molecule has 1 amide bonds. The third kappa shape index (κ3) is 5.96. The summed E-state index contributed by atoms with van der Waals surface area (Å²) in [4.78, 5) is 14.5. The molecule has 0 spiro atoms. The largest absolute Gasteiger partial charge is 0.374 e. The Bertz CT molecular complexity index is 517. The van der Waals surface area contributed by atoms with Crippen LogP contribution < -0.4 is 5.32 Å². The maximum absolute atomic E-state index is 12.1. The Morgan fingerprint density at radius 3 is 2.74 bits per heavy atom. The predicted molar refractivity (Wildman–Crippen MR) is 94.2 cm³/mol. The molecule has 0 bridgehead atoms. The Hall–Kier alpha value is -0.810. The van der Waals surface area contributed by atoms with Crippen LogP contribution in [0.15, 0.2) is 18.2 Å². The van der Waals surface area contributed by atoms with Crippen molar-refractivity contribution < 1.29 is 9.53 Å². The Labute approximate surface area is 148 Å². The zero-order valence-corrected chi connectivity index (χ0v) is 15.2. The second-order valence-corrected chi connectivity index (χ2v) is 7.14. The van der Waals surface area contributed by atoms with E-state index in [0.717, 1.165) is 19.6 Å². The Balaban J connectivity index is 1.80. The van der Waals surface area contributed by atoms with Crippen molar-refractivity contribution in [3.8, 4) is 0 Å². The van der Waals surface area contributed by atoms with E-state index in [0.29, 0.717) is 34.7 Å². The fourth-order valence-electron chi connectivity index (χ4n) is 2.74. The lowest BCUT2D eigenvalue weighted by atomic mass is 10.1. The van der Waals surface area contributed by atoms with Gasteiger partial charge in [-0.3, -0.25) is 9.69 Å². The van der Waals surface area contributed by atoms with Crippen molar-refractivity contribution in [1.82, 2.24) is 10.2 Å². The van der Waals surface area contributed by atoms with Gasteiger partial charge in [0.15, 0.2) is 0 Å². The van der Waals surface area contributed by atoms with Crippen LogP contribution in [-0.4, -0.2) is 49.7 Å². The second-order valence-electron chi connectivity index (χ2n) is 6.33. The first-order valence-electron chi connectivity index (χ1n) is 7.99. The molecule has 0 radical (unpaired) electrons. The van der Waals surface area contributed by atoms with Crippen LogP contribution in [0.5, 0.6) is 0 Å². The summed E-state index contributed by atoms with van der Waals surface area (Å²) in [6.07, 6.45) is 0.217. The lowest BCUT2D eigenvalue weighted by molar-refractivity contribution is -0.121. The first-order chi connectivity index (χ1) is 11.0. The minimum absolute atomic E-state index is 0.0353. The zero-order chi connectivity index (χ0) is 16.8. The second kappa shape index (κ2) is 8.88. The summed E-state index contributed by atoms with van der Waals surface area (Å²) in [6, 6.07) is 5.25. The maximum atomic E-state index is 12.1. The summed E-state index contributed by atoms with van der Waals surface area (Å²) in [5, 5.41) is 3.96. The van der Waals surface area contributed by atoms with E-state index in [4.69, 9.17) is 27.9 Å². The highest BCUT2D eigenvalue weighted by molar-refractivity contribution is 6.36. The van der Waals surface area contributed by atoms with Crippen molar-refractivity contribution >= 4 is 29.1 Å². The van der Waals surface area contributed by atoms with Gasteiger partial charge in [0.2, 0.25) is 5.91 Å². The molecule has 1 aliphatic heterocycles. The van der Waals surface area contributed by atoms with E-state index in [9.17, 15) is 4.79 Å². The van der Waals surface area contributed by atoms with Crippen molar-refractivity contribution in [2.45, 2.75) is 26.4 Å². The highest BCUT2D eigenvalue weighted by atomic mass is 35.5. The zero-order valence-electron chi connectivity index (χ0n) is 13.6. The van der Waals surface area contributed by atoms with Gasteiger partial charge < -0.3 is 10.1 Å². The van der Waals surface area contributed by atoms with Crippen molar-refractivity contribution in [3.05, 3.63) is 33.8 Å². The first-order valence-corrected chi connectivity index (χ1v) is 8.75. The number of ether oxygens (including phenoxy) is 1. The van der Waals surface area contributed by atoms with E-state index in [1.54, 1.807) is 18.2 Å². The van der Waals surface area contributed by atoms with Gasteiger partial charge in [-0.15, -0.1) is 0 Å². The number of benzene rings is 1. The van der Waals surface area contributed by atoms with E-state index in [-0.39, 0.29) is 18.4 Å². The molecule has 1 N–H and O–H groups in total. The van der Waals surface area contributed by atoms with E-state index in [1.165, 1.54) is 0 Å². The number of amides is 1. The molecule has 1 saturated heterocycles. The lowest BCUT2D eigenvalue weighted by Gasteiger charge is -2.34. The van der Waals surface area contributed by atoms with E-state index >= 15 is 0 Å². The fraction of sp³-hybridized carbons (Fsp3) is 0.588. The lowest BCUT2D eigenvalue weighted by Crippen LogP contribution is -2.48. The predicted octanol–water partition coefficient (Wildman–Crippen LogP) is 3.01. The third-order valence-corrected chi connectivity index (χ3v) is 4.48. The van der Waals surface area contributed by atoms with Crippen molar-refractivity contribution in [2.24, 2.45) is 5.92 Å². The smallest absolute Gasteiger partial charge is 0.224 e. The van der Waals surface area contributed by atoms with Crippen LogP contribution in [0, 0.1) is 5.92 Å². The van der Waals surface area contributed by atoms with Gasteiger partial charge in [-0.2, -0.15) is 0 Å². The normalized spacial score (nSPS) is 19.1. The molecule has 1 unspecified atom stereocenters. The van der Waals surface area contributed by atoms with Crippen LogP contribution in [-0.2, 0) is 16.0 Å². The monoisotopic (exact) mass is 358 g/mol. The molecule has 6 heteroatoms. The molecule has 1 heterocycles. The average molecular weight is 359 g/mol. The Kier molecular flexibility index (Phi) is 7.15. The molecule has 2 rings (SSSR count). The average Bonchev–Trinajstić information content (AvgIpc) is 2.49. The number of nitrogens with one attached hydrogen (secondary N) is 1. The summed E-state index contributed by atoms with van der Waals surface area (Å²) in [7, 11) is 0. The number of hydrogen-bond donors (Lipinski definition) is 1. The van der Waals surface area contributed by atoms with Gasteiger partial charge in [-0.05, 0) is 23.6 Å². The molecule has 1 aliphatic rings. The standard InChI is InChI=1S/C17H24Cl2N2O2/c1-12(2)10-21-6-7-23-13(11-21)9-20-17(22)8-14-15(18)4-3-5-16(14)19/h3-5,12-13H,6-11H2,1-2H3,(H,20,22). The molecule has 0 aliphatic carbocycles. The summed E-state index contributed by atoms with van der Waals surface area (Å²) in [5.74, 6) is 0.537. The van der Waals surface area contributed by atoms with Crippen LogP contribution in [0.25, 0.3) is 0 Å². The number of morpholine rings is 1. The van der Waals surface area contributed by atoms with Crippen molar-refractivity contribution in [2.75, 3.05) is 32.8 Å². The van der Waals surface area contributed by atoms with Crippen molar-refractivity contribution in [3.63, 3.8) is 0 Å². The van der Waals surface area contributed by atoms with Gasteiger partial charge in [-0.1, -0.05) is 43.1 Å². The van der Waals surface area contributed by atoms with Crippen LogP contribution in [0.4, 0.5) is 0 Å². The molecule has 1 fully saturated rings. The fourth-order valence-corrected chi connectivity index (χ4v) is 3.27. The van der Waals surface area contributed by atoms with Crippen LogP contribution in [0.2, 0.25) is 10.0 Å². The maximum Gasteiger partial charge on any atom is 0.224 e. The van der Waals surface area contributed by atoms with E-state index < -0.39 is 0 Å². The molecule has 1 aromatic carbocycles. The minimum atomic E-state index is -0.0930. The van der Waals surface area contributed by atoms with Crippen LogP contribution in [0.1, 0.15) is 19.4 Å². The van der Waals surface area contributed by atoms with Crippen molar-refractivity contribution in [1.29, 1.82) is 0 Å². The van der Waals surface area contributed by atoms with Gasteiger partial charge in [0, 0.05) is 36.2 Å². The molecular formula is C17H24Cl2N2O2. The SMILES string of the molecule is CC(C)CN1CCOC(CNC(=O)Cc2c(Cl)cccc2Cl)C1. The van der Waals surface area contributed by atoms with Gasteiger partial charge >= 0.3 is 0 Å². The highest BCUT2D eigenvalue weighted by Crippen LogP contribution is 2.24. The van der Waals surface area contributed by atoms with E-state index in [1.807, 2.05) is 0 Å². The molecule has 0 aromatic heterocycles. The summed E-state index contributed by atoms with van der Waals surface area (Å²) < 4.78 is 5.73. The van der Waals surface area contributed by atoms with Gasteiger partial charge in [-0.25, -0.2) is 0 Å². The molecule has 1 aromatic rings. The number of nitrogens with zero attached hydrogens (tertiary/aromatic N) is 1. The molecule has 1 atom stereocenters. The van der Waals surface area contributed by atoms with Gasteiger partial charge in [0.25, 0.3) is 0 Å². The number of carbonyl (C=O) groups is 1. The van der Waals surface area contributed by atoms with Crippen LogP contribution in [0.3, 0.4) is 0 Å². The van der Waals surface area contributed by atoms with Gasteiger partial charge in [0.05, 0.1) is 19.1 Å². The van der Waals surface area contributed by atoms with Gasteiger partial charge in [0.1, 0.15) is 0 Å². The highest BCUT2D eigenvalue weighted by Gasteiger charge is 2.21. The number of halogens is 2. The Morgan fingerprint density at radius 2 is 2.09 bits per heavy atom. The Morgan fingerprint density at radius 1 is 1.39 bits per heavy atom. The molecular weight excluding hydrogens is 335 g/mol.